The van der Waals surface area contributed by atoms with Gasteiger partial charge < -0.3 is 10.1 Å². The van der Waals surface area contributed by atoms with Gasteiger partial charge in [0.15, 0.2) is 6.10 Å². The standard InChI is InChI=1S/C12H13Cl2NO2/c1-7(12(16)15-9-3-4-9)17-11-6-8(13)2-5-10(11)14/h2,5-7,9H,3-4H2,1H3,(H,15,16)/t7-/m0/s1. The summed E-state index contributed by atoms with van der Waals surface area (Å²) >= 11 is 11.8. The maximum Gasteiger partial charge on any atom is 0.260 e. The molecule has 0 spiro atoms. The van der Waals surface area contributed by atoms with Crippen molar-refractivity contribution in [3.8, 4) is 5.75 Å². The maximum absolute atomic E-state index is 11.7. The minimum atomic E-state index is -0.577. The summed E-state index contributed by atoms with van der Waals surface area (Å²) in [6, 6.07) is 5.24. The molecule has 0 saturated heterocycles. The molecule has 1 aliphatic carbocycles. The van der Waals surface area contributed by atoms with Gasteiger partial charge in [0.05, 0.1) is 5.02 Å². The second kappa shape index (κ2) is 5.15. The summed E-state index contributed by atoms with van der Waals surface area (Å²) in [5.41, 5.74) is 0. The van der Waals surface area contributed by atoms with Crippen molar-refractivity contribution in [1.82, 2.24) is 5.32 Å². The van der Waals surface area contributed by atoms with E-state index in [-0.39, 0.29) is 5.91 Å². The lowest BCUT2D eigenvalue weighted by atomic mass is 10.3. The third-order valence-corrected chi connectivity index (χ3v) is 3.04. The zero-order valence-corrected chi connectivity index (χ0v) is 10.9. The molecule has 1 fully saturated rings. The fraction of sp³-hybridized carbons (Fsp3) is 0.417. The molecule has 0 heterocycles. The zero-order chi connectivity index (χ0) is 12.4. The molecular formula is C12H13Cl2NO2. The Labute approximate surface area is 110 Å². The number of amides is 1. The van der Waals surface area contributed by atoms with Crippen LogP contribution in [-0.2, 0) is 4.79 Å². The Morgan fingerprint density at radius 1 is 1.47 bits per heavy atom. The van der Waals surface area contributed by atoms with Gasteiger partial charge in [0.25, 0.3) is 5.91 Å². The highest BCUT2D eigenvalue weighted by Gasteiger charge is 2.26. The summed E-state index contributed by atoms with van der Waals surface area (Å²) in [7, 11) is 0. The summed E-state index contributed by atoms with van der Waals surface area (Å²) in [5, 5.41) is 3.84. The lowest BCUT2D eigenvalue weighted by Crippen LogP contribution is -2.37. The van der Waals surface area contributed by atoms with Crippen LogP contribution in [0.15, 0.2) is 18.2 Å². The van der Waals surface area contributed by atoms with E-state index in [4.69, 9.17) is 27.9 Å². The van der Waals surface area contributed by atoms with E-state index in [0.29, 0.717) is 21.8 Å². The molecule has 17 heavy (non-hydrogen) atoms. The Morgan fingerprint density at radius 3 is 2.82 bits per heavy atom. The number of ether oxygens (including phenoxy) is 1. The topological polar surface area (TPSA) is 38.3 Å². The van der Waals surface area contributed by atoms with E-state index in [9.17, 15) is 4.79 Å². The molecule has 0 aliphatic heterocycles. The molecular weight excluding hydrogens is 261 g/mol. The van der Waals surface area contributed by atoms with Crippen LogP contribution < -0.4 is 10.1 Å². The monoisotopic (exact) mass is 273 g/mol. The van der Waals surface area contributed by atoms with Crippen LogP contribution >= 0.6 is 23.2 Å². The predicted octanol–water partition coefficient (Wildman–Crippen LogP) is 3.04. The molecule has 1 aromatic carbocycles. The van der Waals surface area contributed by atoms with E-state index >= 15 is 0 Å². The summed E-state index contributed by atoms with van der Waals surface area (Å²) in [4.78, 5) is 11.7. The first-order chi connectivity index (χ1) is 8.06. The largest absolute Gasteiger partial charge is 0.479 e. The Morgan fingerprint density at radius 2 is 2.18 bits per heavy atom. The number of halogens is 2. The van der Waals surface area contributed by atoms with Crippen LogP contribution in [0.1, 0.15) is 19.8 Å². The molecule has 1 N–H and O–H groups in total. The van der Waals surface area contributed by atoms with Crippen molar-refractivity contribution in [3.05, 3.63) is 28.2 Å². The van der Waals surface area contributed by atoms with E-state index in [1.165, 1.54) is 0 Å². The van der Waals surface area contributed by atoms with Gasteiger partial charge in [0, 0.05) is 17.1 Å². The van der Waals surface area contributed by atoms with E-state index in [1.807, 2.05) is 0 Å². The summed E-state index contributed by atoms with van der Waals surface area (Å²) in [6.07, 6.45) is 1.53. The molecule has 1 atom stereocenters. The minimum absolute atomic E-state index is 0.122. The number of benzene rings is 1. The van der Waals surface area contributed by atoms with Crippen LogP contribution in [0, 0.1) is 0 Å². The molecule has 92 valence electrons. The molecule has 5 heteroatoms. The third kappa shape index (κ3) is 3.51. The maximum atomic E-state index is 11.7. The lowest BCUT2D eigenvalue weighted by molar-refractivity contribution is -0.127. The van der Waals surface area contributed by atoms with Gasteiger partial charge in [-0.15, -0.1) is 0 Å². The Hall–Kier alpha value is -0.930. The van der Waals surface area contributed by atoms with Crippen LogP contribution in [-0.4, -0.2) is 18.1 Å². The van der Waals surface area contributed by atoms with Crippen LogP contribution in [0.5, 0.6) is 5.75 Å². The highest BCUT2D eigenvalue weighted by molar-refractivity contribution is 6.34. The lowest BCUT2D eigenvalue weighted by Gasteiger charge is -2.15. The highest BCUT2D eigenvalue weighted by atomic mass is 35.5. The Bertz CT molecular complexity index is 433. The Balaban J connectivity index is 1.98. The molecule has 1 amide bonds. The van der Waals surface area contributed by atoms with Crippen LogP contribution in [0.2, 0.25) is 10.0 Å². The van der Waals surface area contributed by atoms with Crippen LogP contribution in [0.4, 0.5) is 0 Å². The number of rotatable bonds is 4. The number of nitrogens with one attached hydrogen (secondary N) is 1. The van der Waals surface area contributed by atoms with E-state index in [1.54, 1.807) is 25.1 Å². The van der Waals surface area contributed by atoms with Gasteiger partial charge in [-0.3, -0.25) is 4.79 Å². The summed E-state index contributed by atoms with van der Waals surface area (Å²) in [5.74, 6) is 0.307. The summed E-state index contributed by atoms with van der Waals surface area (Å²) < 4.78 is 5.49. The first-order valence-electron chi connectivity index (χ1n) is 5.48. The normalized spacial score (nSPS) is 16.4. The molecule has 1 aromatic rings. The fourth-order valence-corrected chi connectivity index (χ4v) is 1.68. The smallest absolute Gasteiger partial charge is 0.260 e. The SMILES string of the molecule is C[C@H](Oc1cc(Cl)ccc1Cl)C(=O)NC1CC1. The fourth-order valence-electron chi connectivity index (χ4n) is 1.36. The van der Waals surface area contributed by atoms with E-state index in [0.717, 1.165) is 12.8 Å². The second-order valence-electron chi connectivity index (χ2n) is 4.12. The Kier molecular flexibility index (Phi) is 3.79. The molecule has 2 rings (SSSR count). The average molecular weight is 274 g/mol. The second-order valence-corrected chi connectivity index (χ2v) is 4.96. The van der Waals surface area contributed by atoms with Gasteiger partial charge in [-0.05, 0) is 31.9 Å². The van der Waals surface area contributed by atoms with Crippen LogP contribution in [0.25, 0.3) is 0 Å². The molecule has 1 aliphatic rings. The average Bonchev–Trinajstić information content (AvgIpc) is 3.07. The van der Waals surface area contributed by atoms with Crippen LogP contribution in [0.3, 0.4) is 0 Å². The number of hydrogen-bond acceptors (Lipinski definition) is 2. The van der Waals surface area contributed by atoms with Crippen molar-refractivity contribution < 1.29 is 9.53 Å². The molecule has 3 nitrogen and oxygen atoms in total. The molecule has 0 unspecified atom stereocenters. The quantitative estimate of drug-likeness (QED) is 0.916. The number of hydrogen-bond donors (Lipinski definition) is 1. The van der Waals surface area contributed by atoms with Crippen molar-refractivity contribution in [2.75, 3.05) is 0 Å². The first kappa shape index (κ1) is 12.5. The predicted molar refractivity (Wildman–Crippen MR) is 67.7 cm³/mol. The van der Waals surface area contributed by atoms with Crippen molar-refractivity contribution in [3.63, 3.8) is 0 Å². The van der Waals surface area contributed by atoms with Gasteiger partial charge in [-0.2, -0.15) is 0 Å². The minimum Gasteiger partial charge on any atom is -0.479 e. The first-order valence-corrected chi connectivity index (χ1v) is 6.24. The van der Waals surface area contributed by atoms with E-state index < -0.39 is 6.10 Å². The van der Waals surface area contributed by atoms with Crippen molar-refractivity contribution >= 4 is 29.1 Å². The molecule has 0 aromatic heterocycles. The summed E-state index contributed by atoms with van der Waals surface area (Å²) in [6.45, 7) is 1.69. The van der Waals surface area contributed by atoms with Gasteiger partial charge in [-0.1, -0.05) is 23.2 Å². The van der Waals surface area contributed by atoms with Gasteiger partial charge in [0.1, 0.15) is 5.75 Å². The molecule has 1 saturated carbocycles. The molecule has 0 radical (unpaired) electrons. The van der Waals surface area contributed by atoms with Crippen molar-refractivity contribution in [2.45, 2.75) is 31.9 Å². The van der Waals surface area contributed by atoms with Gasteiger partial charge in [-0.25, -0.2) is 0 Å². The van der Waals surface area contributed by atoms with E-state index in [2.05, 4.69) is 5.32 Å². The zero-order valence-electron chi connectivity index (χ0n) is 9.37. The van der Waals surface area contributed by atoms with Crippen molar-refractivity contribution in [1.29, 1.82) is 0 Å². The van der Waals surface area contributed by atoms with Gasteiger partial charge in [0.2, 0.25) is 0 Å². The number of carbonyl (C=O) groups is 1. The highest BCUT2D eigenvalue weighted by Crippen LogP contribution is 2.28. The van der Waals surface area contributed by atoms with Gasteiger partial charge >= 0.3 is 0 Å². The van der Waals surface area contributed by atoms with Crippen molar-refractivity contribution in [2.24, 2.45) is 0 Å². The molecule has 0 bridgehead atoms. The number of carbonyl (C=O) groups excluding carboxylic acids is 1. The third-order valence-electron chi connectivity index (χ3n) is 2.49.